The van der Waals surface area contributed by atoms with Crippen LogP contribution in [-0.2, 0) is 48.4 Å². The number of benzene rings is 3. The number of carbonyl (C=O) groups excluding carboxylic acids is 5. The second kappa shape index (κ2) is 21.0. The van der Waals surface area contributed by atoms with Crippen molar-refractivity contribution in [1.82, 2.24) is 14.7 Å². The van der Waals surface area contributed by atoms with Crippen LogP contribution >= 0.6 is 0 Å². The Bertz CT molecular complexity index is 2290. The molecular formula is C39H38N8O19. The molecule has 27 heteroatoms. The van der Waals surface area contributed by atoms with Gasteiger partial charge in [-0.15, -0.1) is 0 Å². The van der Waals surface area contributed by atoms with E-state index >= 15 is 0 Å². The summed E-state index contributed by atoms with van der Waals surface area (Å²) >= 11 is 0. The average Bonchev–Trinajstić information content (AvgIpc) is 3.87. The summed E-state index contributed by atoms with van der Waals surface area (Å²) in [6.45, 7) is -0.540. The van der Waals surface area contributed by atoms with E-state index in [1.165, 1.54) is 54.6 Å². The molecule has 0 saturated heterocycles. The second-order valence-corrected chi connectivity index (χ2v) is 14.5. The predicted octanol–water partition coefficient (Wildman–Crippen LogP) is 1.41. The van der Waals surface area contributed by atoms with Gasteiger partial charge in [-0.25, -0.2) is 9.59 Å². The van der Waals surface area contributed by atoms with Gasteiger partial charge in [0.25, 0.3) is 34.8 Å². The van der Waals surface area contributed by atoms with E-state index in [1.54, 1.807) is 0 Å². The van der Waals surface area contributed by atoms with Crippen molar-refractivity contribution in [3.8, 4) is 0 Å². The number of nitro benzene ring substituents is 3. The number of fused-ring (bicyclic) bond motifs is 3. The van der Waals surface area contributed by atoms with Crippen LogP contribution in [0.1, 0.15) is 86.3 Å². The van der Waals surface area contributed by atoms with Gasteiger partial charge in [-0.3, -0.25) is 63.9 Å². The molecular weight excluding hydrogens is 884 g/mol. The smallest absolute Gasteiger partial charge is 0.326 e. The molecule has 3 aliphatic heterocycles. The Labute approximate surface area is 369 Å². The fraction of sp³-hybridized carbons (Fsp3) is 0.308. The number of hydrogen-bond acceptors (Lipinski definition) is 15. The normalized spacial score (nSPS) is 14.5. The fourth-order valence-corrected chi connectivity index (χ4v) is 7.36. The Hall–Kier alpha value is -8.91. The van der Waals surface area contributed by atoms with Gasteiger partial charge in [0.2, 0.25) is 11.8 Å². The van der Waals surface area contributed by atoms with Crippen molar-refractivity contribution in [2.24, 2.45) is 11.5 Å². The third-order valence-corrected chi connectivity index (χ3v) is 10.5. The van der Waals surface area contributed by atoms with E-state index in [0.717, 1.165) is 14.7 Å². The maximum absolute atomic E-state index is 12.3. The SMILES string of the molecule is NC(=O)C(CCC(=O)O)N1Cc2c(cccc2[N+](=O)[O-])C1=O.NC(=O)CCC(C(=O)O)N1Cc2c(cccc2[N+](=O)[O-])C1=O.O=C(O)CCC(C(=O)O)N1Cc2c(cccc2[N+](=O)[O-])C1=O. The number of carboxylic acid groups (broad SMARTS) is 4. The van der Waals surface area contributed by atoms with Gasteiger partial charge in [-0.2, -0.15) is 0 Å². The molecule has 66 heavy (non-hydrogen) atoms. The van der Waals surface area contributed by atoms with Gasteiger partial charge in [-0.1, -0.05) is 18.2 Å². The molecule has 3 heterocycles. The van der Waals surface area contributed by atoms with E-state index in [2.05, 4.69) is 0 Å². The highest BCUT2D eigenvalue weighted by Gasteiger charge is 2.42. The fourth-order valence-electron chi connectivity index (χ4n) is 7.36. The molecule has 8 N–H and O–H groups in total. The standard InChI is InChI=1S/2C13H13N3O6.C13H12N2O7/c14-12(19)10(4-5-11(17)18)15-6-8-7(13(15)20)2-1-3-9(8)16(21)22;14-11(17)5-4-10(13(19)20)15-6-8-7(12(15)18)2-1-3-9(8)16(21)22;16-11(17)5-4-10(13(19)20)14-6-8-7(12(14)18)2-1-3-9(8)15(21)22/h1-3,10H,4-6H2,(H2,14,19)(H,17,18);1-3,10H,4-6H2,(H2,14,17)(H,19,20);1-3,10H,4-6H2,(H,16,17)(H,19,20). The van der Waals surface area contributed by atoms with Crippen molar-refractivity contribution >= 4 is 70.5 Å². The van der Waals surface area contributed by atoms with E-state index in [0.29, 0.717) is 0 Å². The summed E-state index contributed by atoms with van der Waals surface area (Å²) in [6, 6.07) is 8.40. The first kappa shape index (κ1) is 49.7. The van der Waals surface area contributed by atoms with Crippen LogP contribution in [0.15, 0.2) is 54.6 Å². The zero-order valence-electron chi connectivity index (χ0n) is 34.0. The number of aliphatic carboxylic acids is 4. The minimum absolute atomic E-state index is 0.0794. The molecule has 3 atom stereocenters. The van der Waals surface area contributed by atoms with Crippen LogP contribution in [0.5, 0.6) is 0 Å². The van der Waals surface area contributed by atoms with Crippen molar-refractivity contribution in [2.45, 2.75) is 76.3 Å². The summed E-state index contributed by atoms with van der Waals surface area (Å²) < 4.78 is 0. The molecule has 0 saturated carbocycles. The van der Waals surface area contributed by atoms with E-state index in [9.17, 15) is 83.7 Å². The summed E-state index contributed by atoms with van der Waals surface area (Å²) in [5.41, 5.74) is 10.4. The van der Waals surface area contributed by atoms with E-state index < -0.39 is 92.7 Å². The second-order valence-electron chi connectivity index (χ2n) is 14.5. The molecule has 27 nitrogen and oxygen atoms in total. The minimum Gasteiger partial charge on any atom is -0.481 e. The molecule has 0 bridgehead atoms. The van der Waals surface area contributed by atoms with Crippen LogP contribution in [-0.4, -0.2) is 121 Å². The zero-order valence-corrected chi connectivity index (χ0v) is 34.0. The first-order valence-corrected chi connectivity index (χ1v) is 19.2. The number of nitrogens with zero attached hydrogens (tertiary/aromatic N) is 6. The molecule has 3 aliphatic rings. The Morgan fingerprint density at radius 2 is 0.803 bits per heavy atom. The van der Waals surface area contributed by atoms with Gasteiger partial charge in [-0.05, 0) is 37.5 Å². The largest absolute Gasteiger partial charge is 0.481 e. The number of nitrogens with two attached hydrogens (primary N) is 2. The molecule has 348 valence electrons. The van der Waals surface area contributed by atoms with Gasteiger partial charge in [0.05, 0.1) is 67.8 Å². The van der Waals surface area contributed by atoms with Crippen molar-refractivity contribution < 1.29 is 78.3 Å². The third kappa shape index (κ3) is 11.2. The molecule has 5 amide bonds. The minimum atomic E-state index is -1.34. The van der Waals surface area contributed by atoms with Crippen molar-refractivity contribution in [3.05, 3.63) is 118 Å². The maximum atomic E-state index is 12.3. The summed E-state index contributed by atoms with van der Waals surface area (Å²) in [7, 11) is 0. The lowest BCUT2D eigenvalue weighted by Gasteiger charge is -2.24. The Balaban J connectivity index is 0.000000216. The molecule has 0 spiro atoms. The monoisotopic (exact) mass is 922 g/mol. The van der Waals surface area contributed by atoms with E-state index in [1.807, 2.05) is 0 Å². The van der Waals surface area contributed by atoms with E-state index in [-0.39, 0.29) is 102 Å². The highest BCUT2D eigenvalue weighted by Crippen LogP contribution is 2.35. The lowest BCUT2D eigenvalue weighted by molar-refractivity contribution is -0.385. The topological polar surface area (TPSA) is 426 Å². The molecule has 0 aromatic heterocycles. The lowest BCUT2D eigenvalue weighted by atomic mass is 10.1. The van der Waals surface area contributed by atoms with Crippen LogP contribution in [0.3, 0.4) is 0 Å². The van der Waals surface area contributed by atoms with Gasteiger partial charge < -0.3 is 46.6 Å². The van der Waals surface area contributed by atoms with Crippen molar-refractivity contribution in [2.75, 3.05) is 0 Å². The molecule has 3 aromatic carbocycles. The number of rotatable bonds is 18. The van der Waals surface area contributed by atoms with Crippen LogP contribution in [0.2, 0.25) is 0 Å². The van der Waals surface area contributed by atoms with Crippen LogP contribution in [0, 0.1) is 30.3 Å². The van der Waals surface area contributed by atoms with Gasteiger partial charge in [0.15, 0.2) is 0 Å². The average molecular weight is 923 g/mol. The third-order valence-electron chi connectivity index (χ3n) is 10.5. The zero-order chi connectivity index (χ0) is 49.3. The van der Waals surface area contributed by atoms with Crippen LogP contribution < -0.4 is 11.5 Å². The van der Waals surface area contributed by atoms with Crippen molar-refractivity contribution in [1.29, 1.82) is 0 Å². The van der Waals surface area contributed by atoms with Gasteiger partial charge >= 0.3 is 23.9 Å². The first-order valence-electron chi connectivity index (χ1n) is 19.2. The Kier molecular flexibility index (Phi) is 15.8. The summed E-state index contributed by atoms with van der Waals surface area (Å²) in [6.07, 6.45) is -1.50. The van der Waals surface area contributed by atoms with Crippen LogP contribution in [0.4, 0.5) is 17.1 Å². The summed E-state index contributed by atoms with van der Waals surface area (Å²) in [5, 5.41) is 68.8. The lowest BCUT2D eigenvalue weighted by Crippen LogP contribution is -2.45. The number of nitro groups is 3. The summed E-state index contributed by atoms with van der Waals surface area (Å²) in [4.78, 5) is 137. The highest BCUT2D eigenvalue weighted by molar-refractivity contribution is 6.03. The maximum Gasteiger partial charge on any atom is 0.326 e. The first-order chi connectivity index (χ1) is 31.0. The summed E-state index contributed by atoms with van der Waals surface area (Å²) in [5.74, 6) is -8.26. The Morgan fingerprint density at radius 3 is 1.06 bits per heavy atom. The predicted molar refractivity (Wildman–Crippen MR) is 217 cm³/mol. The number of amides is 5. The molecule has 0 radical (unpaired) electrons. The molecule has 3 aromatic rings. The Morgan fingerprint density at radius 1 is 0.515 bits per heavy atom. The number of carbonyl (C=O) groups is 9. The molecule has 6 rings (SSSR count). The van der Waals surface area contributed by atoms with Gasteiger partial charge in [0.1, 0.15) is 18.1 Å². The van der Waals surface area contributed by atoms with E-state index in [4.69, 9.17) is 21.7 Å². The number of hydrogen-bond donors (Lipinski definition) is 6. The molecule has 3 unspecified atom stereocenters. The molecule has 0 fully saturated rings. The number of carboxylic acids is 4. The number of primary amides is 2. The van der Waals surface area contributed by atoms with Gasteiger partial charge in [0, 0.05) is 37.5 Å². The molecule has 0 aliphatic carbocycles. The quantitative estimate of drug-likeness (QED) is 0.0775. The highest BCUT2D eigenvalue weighted by atomic mass is 16.6. The van der Waals surface area contributed by atoms with Crippen molar-refractivity contribution in [3.63, 3.8) is 0 Å². The van der Waals surface area contributed by atoms with Crippen LogP contribution in [0.25, 0.3) is 0 Å².